The number of amides is 1. The molecular weight excluding hydrogens is 395 g/mol. The van der Waals surface area contributed by atoms with Crippen LogP contribution in [0.1, 0.15) is 10.4 Å². The molecule has 0 atom stereocenters. The fraction of sp³-hybridized carbons (Fsp3) is 0. The van der Waals surface area contributed by atoms with Gasteiger partial charge in [0.15, 0.2) is 0 Å². The van der Waals surface area contributed by atoms with Crippen molar-refractivity contribution < 1.29 is 14.3 Å². The van der Waals surface area contributed by atoms with Crippen LogP contribution in [0.2, 0.25) is 0 Å². The number of carbonyl (C=O) groups is 1. The second kappa shape index (κ2) is 5.80. The highest BCUT2D eigenvalue weighted by Crippen LogP contribution is 2.34. The largest absolute Gasteiger partial charge is 0.507 e. The summed E-state index contributed by atoms with van der Waals surface area (Å²) in [6, 6.07) is 6.85. The Morgan fingerprint density at radius 2 is 1.85 bits per heavy atom. The maximum absolute atomic E-state index is 13.6. The van der Waals surface area contributed by atoms with E-state index in [1.807, 2.05) is 0 Å². The van der Waals surface area contributed by atoms with Gasteiger partial charge < -0.3 is 16.2 Å². The SMILES string of the molecule is Nc1cc(Br)c(NC(=O)c2c(O)cccc2F)c(Br)c1. The first kappa shape index (κ1) is 14.8. The van der Waals surface area contributed by atoms with Crippen LogP contribution in [0.25, 0.3) is 0 Å². The van der Waals surface area contributed by atoms with Crippen molar-refractivity contribution >= 4 is 49.1 Å². The van der Waals surface area contributed by atoms with Gasteiger partial charge in [0, 0.05) is 14.6 Å². The van der Waals surface area contributed by atoms with Crippen LogP contribution in [0.4, 0.5) is 15.8 Å². The van der Waals surface area contributed by atoms with Crippen LogP contribution < -0.4 is 11.1 Å². The number of hydrogen-bond donors (Lipinski definition) is 3. The third-order valence-electron chi connectivity index (χ3n) is 2.52. The Morgan fingerprint density at radius 3 is 2.40 bits per heavy atom. The molecular formula is C13H9Br2FN2O2. The molecule has 0 aliphatic rings. The van der Waals surface area contributed by atoms with Crippen molar-refractivity contribution in [2.24, 2.45) is 0 Å². The lowest BCUT2D eigenvalue weighted by atomic mass is 10.1. The van der Waals surface area contributed by atoms with Gasteiger partial charge in [-0.1, -0.05) is 6.07 Å². The summed E-state index contributed by atoms with van der Waals surface area (Å²) in [4.78, 5) is 12.1. The van der Waals surface area contributed by atoms with Crippen molar-refractivity contribution in [2.75, 3.05) is 11.1 Å². The first-order valence-electron chi connectivity index (χ1n) is 5.43. The van der Waals surface area contributed by atoms with E-state index in [4.69, 9.17) is 5.73 Å². The zero-order valence-corrected chi connectivity index (χ0v) is 13.1. The van der Waals surface area contributed by atoms with Gasteiger partial charge in [-0.05, 0) is 56.1 Å². The molecule has 0 saturated heterocycles. The van der Waals surface area contributed by atoms with E-state index >= 15 is 0 Å². The number of nitrogen functional groups attached to an aromatic ring is 1. The average molecular weight is 404 g/mol. The molecule has 0 unspecified atom stereocenters. The average Bonchev–Trinajstić information content (AvgIpc) is 2.33. The maximum atomic E-state index is 13.6. The molecule has 1 amide bonds. The summed E-state index contributed by atoms with van der Waals surface area (Å²) in [6.07, 6.45) is 0. The lowest BCUT2D eigenvalue weighted by Crippen LogP contribution is -2.15. The molecule has 2 aromatic carbocycles. The number of nitrogens with one attached hydrogen (secondary N) is 1. The quantitative estimate of drug-likeness (QED) is 0.666. The highest BCUT2D eigenvalue weighted by Gasteiger charge is 2.18. The molecule has 0 aliphatic heterocycles. The minimum Gasteiger partial charge on any atom is -0.507 e. The Balaban J connectivity index is 2.38. The molecule has 104 valence electrons. The molecule has 2 aromatic rings. The fourth-order valence-electron chi connectivity index (χ4n) is 1.63. The predicted octanol–water partition coefficient (Wildman–Crippen LogP) is 3.89. The van der Waals surface area contributed by atoms with Crippen LogP contribution in [0.5, 0.6) is 5.75 Å². The normalized spacial score (nSPS) is 10.3. The van der Waals surface area contributed by atoms with Gasteiger partial charge in [0.2, 0.25) is 0 Å². The number of aromatic hydroxyl groups is 1. The van der Waals surface area contributed by atoms with E-state index in [9.17, 15) is 14.3 Å². The zero-order valence-electron chi connectivity index (χ0n) is 9.95. The molecule has 4 nitrogen and oxygen atoms in total. The number of phenols is 1. The Kier molecular flexibility index (Phi) is 4.29. The molecule has 0 bridgehead atoms. The standard InChI is InChI=1S/C13H9Br2FN2O2/c14-7-4-6(17)5-8(15)12(7)18-13(20)11-9(16)2-1-3-10(11)19/h1-5,19H,17H2,(H,18,20). The number of carbonyl (C=O) groups excluding carboxylic acids is 1. The van der Waals surface area contributed by atoms with Crippen LogP contribution in [0.15, 0.2) is 39.3 Å². The molecule has 0 aliphatic carbocycles. The Bertz CT molecular complexity index is 649. The number of hydrogen-bond acceptors (Lipinski definition) is 3. The first-order chi connectivity index (χ1) is 9.40. The summed E-state index contributed by atoms with van der Waals surface area (Å²) >= 11 is 6.51. The summed E-state index contributed by atoms with van der Waals surface area (Å²) < 4.78 is 14.7. The minimum atomic E-state index is -0.801. The highest BCUT2D eigenvalue weighted by molar-refractivity contribution is 9.11. The van der Waals surface area contributed by atoms with E-state index in [-0.39, 0.29) is 0 Å². The van der Waals surface area contributed by atoms with E-state index in [0.717, 1.165) is 6.07 Å². The third kappa shape index (κ3) is 2.94. The van der Waals surface area contributed by atoms with Gasteiger partial charge in [0.1, 0.15) is 17.1 Å². The number of nitrogens with two attached hydrogens (primary N) is 1. The van der Waals surface area contributed by atoms with Gasteiger partial charge in [-0.3, -0.25) is 4.79 Å². The maximum Gasteiger partial charge on any atom is 0.262 e. The molecule has 7 heteroatoms. The van der Waals surface area contributed by atoms with Crippen LogP contribution in [0, 0.1) is 5.82 Å². The summed E-state index contributed by atoms with van der Waals surface area (Å²) in [5.41, 5.74) is 6.12. The number of anilines is 2. The second-order valence-electron chi connectivity index (χ2n) is 3.95. The highest BCUT2D eigenvalue weighted by atomic mass is 79.9. The molecule has 0 radical (unpaired) electrons. The number of halogens is 3. The van der Waals surface area contributed by atoms with E-state index in [1.165, 1.54) is 12.1 Å². The molecule has 2 rings (SSSR count). The third-order valence-corrected chi connectivity index (χ3v) is 3.77. The van der Waals surface area contributed by atoms with Gasteiger partial charge >= 0.3 is 0 Å². The van der Waals surface area contributed by atoms with Crippen LogP contribution in [-0.2, 0) is 0 Å². The fourth-order valence-corrected chi connectivity index (χ4v) is 3.05. The predicted molar refractivity (Wildman–Crippen MR) is 82.3 cm³/mol. The van der Waals surface area contributed by atoms with Crippen molar-refractivity contribution in [1.29, 1.82) is 0 Å². The van der Waals surface area contributed by atoms with E-state index in [2.05, 4.69) is 37.2 Å². The van der Waals surface area contributed by atoms with Crippen LogP contribution in [0.3, 0.4) is 0 Å². The van der Waals surface area contributed by atoms with E-state index < -0.39 is 23.0 Å². The van der Waals surface area contributed by atoms with Crippen LogP contribution >= 0.6 is 31.9 Å². The van der Waals surface area contributed by atoms with Crippen molar-refractivity contribution in [2.45, 2.75) is 0 Å². The first-order valence-corrected chi connectivity index (χ1v) is 7.02. The van der Waals surface area contributed by atoms with Crippen molar-refractivity contribution in [1.82, 2.24) is 0 Å². The lowest BCUT2D eigenvalue weighted by Gasteiger charge is -2.12. The zero-order chi connectivity index (χ0) is 14.9. The number of rotatable bonds is 2. The minimum absolute atomic E-state index is 0.395. The van der Waals surface area contributed by atoms with E-state index in [1.54, 1.807) is 12.1 Å². The Hall–Kier alpha value is -1.60. The molecule has 0 fully saturated rings. The van der Waals surface area contributed by atoms with Crippen molar-refractivity contribution in [3.8, 4) is 5.75 Å². The summed E-state index contributed by atoms with van der Waals surface area (Å²) in [6.45, 7) is 0. The van der Waals surface area contributed by atoms with Crippen molar-refractivity contribution in [3.63, 3.8) is 0 Å². The number of benzene rings is 2. The lowest BCUT2D eigenvalue weighted by molar-refractivity contribution is 0.102. The van der Waals surface area contributed by atoms with Gasteiger partial charge in [-0.15, -0.1) is 0 Å². The van der Waals surface area contributed by atoms with Crippen LogP contribution in [-0.4, -0.2) is 11.0 Å². The smallest absolute Gasteiger partial charge is 0.262 e. The summed E-state index contributed by atoms with van der Waals surface area (Å²) in [7, 11) is 0. The van der Waals surface area contributed by atoms with E-state index in [0.29, 0.717) is 20.3 Å². The monoisotopic (exact) mass is 402 g/mol. The molecule has 0 heterocycles. The Labute approximate surface area is 131 Å². The number of phenolic OH excluding ortho intramolecular Hbond substituents is 1. The van der Waals surface area contributed by atoms with Gasteiger partial charge in [-0.2, -0.15) is 0 Å². The molecule has 0 saturated carbocycles. The van der Waals surface area contributed by atoms with Crippen molar-refractivity contribution in [3.05, 3.63) is 50.7 Å². The Morgan fingerprint density at radius 1 is 1.25 bits per heavy atom. The molecule has 0 spiro atoms. The molecule has 4 N–H and O–H groups in total. The summed E-state index contributed by atoms with van der Waals surface area (Å²) in [5, 5.41) is 12.1. The van der Waals surface area contributed by atoms with Gasteiger partial charge in [0.25, 0.3) is 5.91 Å². The van der Waals surface area contributed by atoms with Gasteiger partial charge in [0.05, 0.1) is 5.69 Å². The topological polar surface area (TPSA) is 75.3 Å². The second-order valence-corrected chi connectivity index (χ2v) is 5.66. The summed E-state index contributed by atoms with van der Waals surface area (Å²) in [5.74, 6) is -1.98. The van der Waals surface area contributed by atoms with Gasteiger partial charge in [-0.25, -0.2) is 4.39 Å². The molecule has 20 heavy (non-hydrogen) atoms. The molecule has 0 aromatic heterocycles.